The number of nitrogens with zero attached hydrogens (tertiary/aromatic N) is 4. The molecule has 166 valence electrons. The Balaban J connectivity index is 2.99. The van der Waals surface area contributed by atoms with Crippen LogP contribution in [0, 0.1) is 0 Å². The van der Waals surface area contributed by atoms with Crippen molar-refractivity contribution in [1.82, 2.24) is 9.85 Å². The molecule has 2 aliphatic heterocycles. The van der Waals surface area contributed by atoms with Gasteiger partial charge in [0.05, 0.1) is 0 Å². The standard InChI is InChI=1S/C12H30N2Si2.C8H18N2Se.Sn/c1-11(2,3)13-15(7,8)16(9,10)14-12(4,5)6;1-7(2,3)9-11-10-8(4,5)6;/h1-10H3;1-6H3;/q2*-2;+4. The van der Waals surface area contributed by atoms with Crippen LogP contribution < -0.4 is 0 Å². The Morgan fingerprint density at radius 2 is 0.750 bits per heavy atom. The van der Waals surface area contributed by atoms with E-state index in [4.69, 9.17) is 0 Å². The molecule has 1 spiro atoms. The van der Waals surface area contributed by atoms with Crippen LogP contribution >= 0.6 is 0 Å². The Morgan fingerprint density at radius 1 is 0.500 bits per heavy atom. The Labute approximate surface area is 190 Å². The van der Waals surface area contributed by atoms with Crippen LogP contribution in [-0.4, -0.2) is 82.4 Å². The van der Waals surface area contributed by atoms with E-state index in [0.29, 0.717) is 15.4 Å². The van der Waals surface area contributed by atoms with E-state index in [1.807, 2.05) is 0 Å². The Bertz CT molecular complexity index is 572. The summed E-state index contributed by atoms with van der Waals surface area (Å²) >= 11 is -2.87. The zero-order chi connectivity index (χ0) is 22.5. The average molecular weight is 598 g/mol. The molecule has 0 N–H and O–H groups in total. The summed E-state index contributed by atoms with van der Waals surface area (Å²) in [7, 11) is -3.27. The third-order valence-corrected chi connectivity index (χ3v) is 67.3. The van der Waals surface area contributed by atoms with E-state index in [9.17, 15) is 0 Å². The molecule has 4 nitrogen and oxygen atoms in total. The van der Waals surface area contributed by atoms with Gasteiger partial charge in [-0.05, 0) is 0 Å². The molecule has 0 unspecified atom stereocenters. The van der Waals surface area contributed by atoms with Crippen molar-refractivity contribution in [2.24, 2.45) is 0 Å². The van der Waals surface area contributed by atoms with Crippen molar-refractivity contribution in [3.05, 3.63) is 0 Å². The summed E-state index contributed by atoms with van der Waals surface area (Å²) in [6.07, 6.45) is 0. The molecule has 2 aliphatic rings. The van der Waals surface area contributed by atoms with Gasteiger partial charge in [0, 0.05) is 0 Å². The molecular weight excluding hydrogens is 550 g/mol. The van der Waals surface area contributed by atoms with Crippen molar-refractivity contribution in [2.45, 2.75) is 131 Å². The van der Waals surface area contributed by atoms with Crippen molar-refractivity contribution >= 4 is 50.4 Å². The fourth-order valence-electron chi connectivity index (χ4n) is 5.72. The Morgan fingerprint density at radius 3 is 0.929 bits per heavy atom. The fourth-order valence-corrected chi connectivity index (χ4v) is 84.3. The molecule has 2 saturated heterocycles. The van der Waals surface area contributed by atoms with Gasteiger partial charge in [-0.15, -0.1) is 0 Å². The van der Waals surface area contributed by atoms with Gasteiger partial charge in [0.1, 0.15) is 0 Å². The molecule has 0 aromatic heterocycles. The van der Waals surface area contributed by atoms with Gasteiger partial charge in [-0.25, -0.2) is 0 Å². The van der Waals surface area contributed by atoms with Crippen LogP contribution in [0.15, 0.2) is 0 Å². The molecule has 0 atom stereocenters. The molecule has 0 bridgehead atoms. The Kier molecular flexibility index (Phi) is 6.27. The van der Waals surface area contributed by atoms with Crippen LogP contribution in [0.5, 0.6) is 0 Å². The maximum absolute atomic E-state index is 3.30. The van der Waals surface area contributed by atoms with E-state index in [1.165, 1.54) is 0 Å². The molecule has 0 aliphatic carbocycles. The molecule has 2 fully saturated rings. The van der Waals surface area contributed by atoms with Crippen LogP contribution in [0.1, 0.15) is 83.1 Å². The zero-order valence-electron chi connectivity index (χ0n) is 21.7. The molecular formula is C20H48N4SeSi2Sn. The minimum absolute atomic E-state index is 0.208. The molecule has 0 saturated carbocycles. The third-order valence-electron chi connectivity index (χ3n) is 6.48. The molecule has 0 aromatic rings. The van der Waals surface area contributed by atoms with Crippen LogP contribution in [0.2, 0.25) is 26.2 Å². The summed E-state index contributed by atoms with van der Waals surface area (Å²) in [5.74, 6) is 0. The van der Waals surface area contributed by atoms with Crippen LogP contribution in [-0.2, 0) is 0 Å². The molecule has 2 rings (SSSR count). The molecule has 28 heavy (non-hydrogen) atoms. The van der Waals surface area contributed by atoms with Crippen molar-refractivity contribution < 1.29 is 0 Å². The quantitative estimate of drug-likeness (QED) is 0.369. The van der Waals surface area contributed by atoms with Gasteiger partial charge in [0.25, 0.3) is 0 Å². The topological polar surface area (TPSA) is 13.0 Å². The van der Waals surface area contributed by atoms with Crippen LogP contribution in [0.3, 0.4) is 0 Å². The van der Waals surface area contributed by atoms with E-state index >= 15 is 0 Å². The third kappa shape index (κ3) is 3.51. The van der Waals surface area contributed by atoms with Gasteiger partial charge < -0.3 is 0 Å². The summed E-state index contributed by atoms with van der Waals surface area (Å²) in [6.45, 7) is 40.7. The molecule has 0 radical (unpaired) electrons. The van der Waals surface area contributed by atoms with Crippen molar-refractivity contribution in [2.75, 3.05) is 0 Å². The maximum atomic E-state index is 3.24. The first kappa shape index (κ1) is 25.8. The van der Waals surface area contributed by atoms with Gasteiger partial charge in [0.2, 0.25) is 0 Å². The molecule has 0 amide bonds. The molecule has 2 heterocycles. The van der Waals surface area contributed by atoms with Crippen LogP contribution in [0.4, 0.5) is 0 Å². The van der Waals surface area contributed by atoms with Crippen molar-refractivity contribution in [3.8, 4) is 0 Å². The second kappa shape index (κ2) is 6.80. The summed E-state index contributed by atoms with van der Waals surface area (Å²) < 4.78 is 12.6. The van der Waals surface area contributed by atoms with Crippen LogP contribution in [0.25, 0.3) is 0 Å². The normalized spacial score (nSPS) is 27.4. The first-order valence-electron chi connectivity index (χ1n) is 10.9. The zero-order valence-corrected chi connectivity index (χ0v) is 28.3. The number of rotatable bonds is 0. The van der Waals surface area contributed by atoms with Gasteiger partial charge >= 0.3 is 192 Å². The van der Waals surface area contributed by atoms with E-state index in [2.05, 4.69) is 119 Å². The average Bonchev–Trinajstić information content (AvgIpc) is 2.44. The van der Waals surface area contributed by atoms with Gasteiger partial charge in [0.15, 0.2) is 0 Å². The predicted molar refractivity (Wildman–Crippen MR) is 133 cm³/mol. The van der Waals surface area contributed by atoms with E-state index in [-0.39, 0.29) is 22.2 Å². The Hall–Kier alpha value is 1.59. The van der Waals surface area contributed by atoms with E-state index in [1.54, 1.807) is 0 Å². The van der Waals surface area contributed by atoms with Gasteiger partial charge in [-0.3, -0.25) is 0 Å². The second-order valence-corrected chi connectivity index (χ2v) is 45.3. The summed E-state index contributed by atoms with van der Waals surface area (Å²) in [5.41, 5.74) is 0.868. The predicted octanol–water partition coefficient (Wildman–Crippen LogP) is 4.87. The fraction of sp³-hybridized carbons (Fsp3) is 1.00. The van der Waals surface area contributed by atoms with Gasteiger partial charge in [-0.1, -0.05) is 0 Å². The van der Waals surface area contributed by atoms with Gasteiger partial charge in [-0.2, -0.15) is 0 Å². The SMILES string of the molecule is CC(C)(C)[N]1[Se][N](C(C)(C)C)[Sn]12[N](C(C)(C)C)[Si](C)(C)[Si](C)(C)[N]2C(C)(C)C. The number of hydrogen-bond donors (Lipinski definition) is 0. The summed E-state index contributed by atoms with van der Waals surface area (Å²) in [4.78, 5) is 0. The summed E-state index contributed by atoms with van der Waals surface area (Å²) in [5, 5.41) is 0. The first-order chi connectivity index (χ1) is 12.0. The summed E-state index contributed by atoms with van der Waals surface area (Å²) in [6, 6.07) is 0. The number of hydrogen-bond acceptors (Lipinski definition) is 4. The van der Waals surface area contributed by atoms with Crippen molar-refractivity contribution in [1.29, 1.82) is 0 Å². The van der Waals surface area contributed by atoms with Crippen molar-refractivity contribution in [3.63, 3.8) is 0 Å². The molecule has 0 aromatic carbocycles. The first-order valence-corrected chi connectivity index (χ1v) is 24.4. The van der Waals surface area contributed by atoms with E-state index < -0.39 is 35.0 Å². The van der Waals surface area contributed by atoms with E-state index in [0.717, 1.165) is 0 Å². The monoisotopic (exact) mass is 600 g/mol. The molecule has 8 heteroatoms. The minimum atomic E-state index is -3.30. The second-order valence-electron chi connectivity index (χ2n) is 13.7.